The normalized spacial score (nSPS) is 21.1. The first-order valence-electron chi connectivity index (χ1n) is 3.35. The third-order valence-corrected chi connectivity index (χ3v) is 2.56. The van der Waals surface area contributed by atoms with Gasteiger partial charge in [-0.05, 0) is 28.1 Å². The summed E-state index contributed by atoms with van der Waals surface area (Å²) in [5.41, 5.74) is 1.11. The van der Waals surface area contributed by atoms with Gasteiger partial charge in [-0.15, -0.1) is 0 Å². The number of hydrogen-bond donors (Lipinski definition) is 0. The Labute approximate surface area is 78.4 Å². The lowest BCUT2D eigenvalue weighted by Gasteiger charge is -1.99. The molecule has 0 saturated carbocycles. The van der Waals surface area contributed by atoms with Gasteiger partial charge in [-0.2, -0.15) is 0 Å². The zero-order chi connectivity index (χ0) is 7.84. The lowest BCUT2D eigenvalue weighted by Crippen LogP contribution is -2.00. The van der Waals surface area contributed by atoms with E-state index in [4.69, 9.17) is 16.3 Å². The van der Waals surface area contributed by atoms with Crippen molar-refractivity contribution in [1.82, 2.24) is 0 Å². The average molecular weight is 233 g/mol. The molecule has 1 aliphatic heterocycles. The molecule has 0 radical (unpaired) electrons. The van der Waals surface area contributed by atoms with E-state index < -0.39 is 0 Å². The van der Waals surface area contributed by atoms with Gasteiger partial charge < -0.3 is 4.74 Å². The molecule has 0 aliphatic carbocycles. The fourth-order valence-electron chi connectivity index (χ4n) is 1.19. The number of alkyl halides is 1. The molecule has 1 nitrogen and oxygen atoms in total. The van der Waals surface area contributed by atoms with E-state index in [-0.39, 0.29) is 5.01 Å². The van der Waals surface area contributed by atoms with Crippen LogP contribution in [0.3, 0.4) is 0 Å². The van der Waals surface area contributed by atoms with Crippen LogP contribution in [-0.2, 0) is 6.42 Å². The Morgan fingerprint density at radius 1 is 1.55 bits per heavy atom. The molecule has 3 heteroatoms. The molecular formula is C8H6BrClO. The number of fused-ring (bicyclic) bond motifs is 1. The van der Waals surface area contributed by atoms with Crippen LogP contribution < -0.4 is 4.74 Å². The van der Waals surface area contributed by atoms with Gasteiger partial charge in [0.2, 0.25) is 0 Å². The van der Waals surface area contributed by atoms with Crippen LogP contribution in [-0.4, -0.2) is 5.01 Å². The Hall–Kier alpha value is -0.210. The lowest BCUT2D eigenvalue weighted by molar-refractivity contribution is 0.330. The summed E-state index contributed by atoms with van der Waals surface area (Å²) in [5.74, 6) is 0.902. The highest BCUT2D eigenvalue weighted by Crippen LogP contribution is 2.35. The molecule has 0 fully saturated rings. The first-order valence-corrected chi connectivity index (χ1v) is 4.65. The van der Waals surface area contributed by atoms with Crippen LogP contribution in [0, 0.1) is 0 Å². The van der Waals surface area contributed by atoms with Gasteiger partial charge in [0.1, 0.15) is 5.75 Å². The number of halogens is 2. The first-order chi connectivity index (χ1) is 5.27. The zero-order valence-corrected chi connectivity index (χ0v) is 8.02. The van der Waals surface area contributed by atoms with Crippen molar-refractivity contribution < 1.29 is 4.74 Å². The quantitative estimate of drug-likeness (QED) is 0.626. The second kappa shape index (κ2) is 2.68. The van der Waals surface area contributed by atoms with Crippen LogP contribution in [0.25, 0.3) is 0 Å². The van der Waals surface area contributed by atoms with Crippen LogP contribution in [0.4, 0.5) is 0 Å². The largest absolute Gasteiger partial charge is 0.479 e. The van der Waals surface area contributed by atoms with Gasteiger partial charge in [0.15, 0.2) is 5.01 Å². The maximum absolute atomic E-state index is 5.93. The molecule has 0 aromatic heterocycles. The summed E-state index contributed by atoms with van der Waals surface area (Å²) in [5, 5.41) is 0.891. The summed E-state index contributed by atoms with van der Waals surface area (Å²) in [7, 11) is 0. The summed E-state index contributed by atoms with van der Waals surface area (Å²) in [4.78, 5) is 0. The third kappa shape index (κ3) is 1.25. The van der Waals surface area contributed by atoms with E-state index in [1.165, 1.54) is 0 Å². The van der Waals surface area contributed by atoms with Gasteiger partial charge in [-0.1, -0.05) is 17.7 Å². The molecular weight excluding hydrogens is 227 g/mol. The molecule has 1 aliphatic rings. The highest BCUT2D eigenvalue weighted by molar-refractivity contribution is 9.09. The molecule has 0 bridgehead atoms. The first kappa shape index (κ1) is 7.44. The SMILES string of the molecule is Clc1cccc2c1CC(Br)O2. The number of benzene rings is 1. The van der Waals surface area contributed by atoms with Crippen LogP contribution in [0.2, 0.25) is 5.02 Å². The summed E-state index contributed by atoms with van der Waals surface area (Å²) in [6, 6.07) is 5.71. The molecule has 0 amide bonds. The van der Waals surface area contributed by atoms with Crippen molar-refractivity contribution in [3.8, 4) is 5.75 Å². The second-order valence-electron chi connectivity index (χ2n) is 2.45. The minimum absolute atomic E-state index is 0.0948. The molecule has 58 valence electrons. The van der Waals surface area contributed by atoms with E-state index in [0.29, 0.717) is 0 Å². The van der Waals surface area contributed by atoms with Gasteiger partial charge in [0.05, 0.1) is 0 Å². The monoisotopic (exact) mass is 232 g/mol. The molecule has 1 atom stereocenters. The Kier molecular flexibility index (Phi) is 1.81. The van der Waals surface area contributed by atoms with Crippen molar-refractivity contribution >= 4 is 27.5 Å². The van der Waals surface area contributed by atoms with Crippen molar-refractivity contribution in [3.63, 3.8) is 0 Å². The summed E-state index contributed by atoms with van der Waals surface area (Å²) < 4.78 is 5.42. The predicted octanol–water partition coefficient (Wildman–Crippen LogP) is 3.00. The minimum Gasteiger partial charge on any atom is -0.479 e. The minimum atomic E-state index is 0.0948. The summed E-state index contributed by atoms with van der Waals surface area (Å²) in [6.45, 7) is 0. The van der Waals surface area contributed by atoms with Crippen molar-refractivity contribution in [2.45, 2.75) is 11.4 Å². The fourth-order valence-corrected chi connectivity index (χ4v) is 1.96. The molecule has 1 aromatic rings. The Morgan fingerprint density at radius 2 is 2.36 bits per heavy atom. The van der Waals surface area contributed by atoms with Crippen molar-refractivity contribution in [1.29, 1.82) is 0 Å². The maximum Gasteiger partial charge on any atom is 0.157 e. The molecule has 0 spiro atoms. The molecule has 0 N–H and O–H groups in total. The highest BCUT2D eigenvalue weighted by Gasteiger charge is 2.21. The van der Waals surface area contributed by atoms with Gasteiger partial charge in [0.25, 0.3) is 0 Å². The van der Waals surface area contributed by atoms with E-state index in [2.05, 4.69) is 15.9 Å². The number of rotatable bonds is 0. The average Bonchev–Trinajstić information content (AvgIpc) is 2.31. The van der Waals surface area contributed by atoms with Crippen LogP contribution in [0.5, 0.6) is 5.75 Å². The maximum atomic E-state index is 5.93. The van der Waals surface area contributed by atoms with Crippen LogP contribution in [0.1, 0.15) is 5.56 Å². The summed E-state index contributed by atoms with van der Waals surface area (Å²) in [6.07, 6.45) is 0.856. The van der Waals surface area contributed by atoms with Gasteiger partial charge in [0, 0.05) is 17.0 Å². The molecule has 11 heavy (non-hydrogen) atoms. The van der Waals surface area contributed by atoms with Gasteiger partial charge in [-0.3, -0.25) is 0 Å². The topological polar surface area (TPSA) is 9.23 Å². The molecule has 1 unspecified atom stereocenters. The Balaban J connectivity index is 2.49. The van der Waals surface area contributed by atoms with Crippen LogP contribution in [0.15, 0.2) is 18.2 Å². The number of hydrogen-bond acceptors (Lipinski definition) is 1. The van der Waals surface area contributed by atoms with Crippen molar-refractivity contribution in [2.24, 2.45) is 0 Å². The second-order valence-corrected chi connectivity index (χ2v) is 3.88. The third-order valence-electron chi connectivity index (χ3n) is 1.70. The molecule has 0 saturated heterocycles. The van der Waals surface area contributed by atoms with Gasteiger partial charge in [-0.25, -0.2) is 0 Å². The van der Waals surface area contributed by atoms with E-state index >= 15 is 0 Å². The Bertz CT molecular complexity index is 287. The van der Waals surface area contributed by atoms with E-state index in [0.717, 1.165) is 22.8 Å². The van der Waals surface area contributed by atoms with Crippen molar-refractivity contribution in [2.75, 3.05) is 0 Å². The zero-order valence-electron chi connectivity index (χ0n) is 5.68. The summed E-state index contributed by atoms with van der Waals surface area (Å²) >= 11 is 9.31. The standard InChI is InChI=1S/C8H6BrClO/c9-8-4-5-6(10)2-1-3-7(5)11-8/h1-3,8H,4H2. The molecule has 2 rings (SSSR count). The van der Waals surface area contributed by atoms with Gasteiger partial charge >= 0.3 is 0 Å². The lowest BCUT2D eigenvalue weighted by atomic mass is 10.2. The smallest absolute Gasteiger partial charge is 0.157 e. The highest BCUT2D eigenvalue weighted by atomic mass is 79.9. The fraction of sp³-hybridized carbons (Fsp3) is 0.250. The number of ether oxygens (including phenoxy) is 1. The van der Waals surface area contributed by atoms with Crippen molar-refractivity contribution in [3.05, 3.63) is 28.8 Å². The molecule has 1 aromatic carbocycles. The molecule has 1 heterocycles. The van der Waals surface area contributed by atoms with E-state index in [9.17, 15) is 0 Å². The van der Waals surface area contributed by atoms with Crippen LogP contribution >= 0.6 is 27.5 Å². The Morgan fingerprint density at radius 3 is 3.09 bits per heavy atom. The van der Waals surface area contributed by atoms with E-state index in [1.807, 2.05) is 18.2 Å². The van der Waals surface area contributed by atoms with E-state index in [1.54, 1.807) is 0 Å². The predicted molar refractivity (Wildman–Crippen MR) is 48.5 cm³/mol.